The molecule has 0 aromatic carbocycles. The number of rotatable bonds is 5. The van der Waals surface area contributed by atoms with E-state index in [4.69, 9.17) is 4.74 Å². The minimum absolute atomic E-state index is 0.0157. The summed E-state index contributed by atoms with van der Waals surface area (Å²) in [6, 6.07) is 0. The molecule has 1 fully saturated rings. The smallest absolute Gasteiger partial charge is 0.406 e. The highest BCUT2D eigenvalue weighted by Gasteiger charge is 2.45. The molecule has 136 valence electrons. The van der Waals surface area contributed by atoms with Gasteiger partial charge in [-0.05, 0) is 24.7 Å². The first-order valence-corrected chi connectivity index (χ1v) is 9.46. The van der Waals surface area contributed by atoms with Crippen molar-refractivity contribution >= 4 is 15.9 Å². The molecule has 0 radical (unpaired) electrons. The molecular weight excluding hydrogens is 328 g/mol. The van der Waals surface area contributed by atoms with Crippen LogP contribution in [0, 0.1) is 5.41 Å². The molecule has 0 spiro atoms. The van der Waals surface area contributed by atoms with Crippen LogP contribution in [0.3, 0.4) is 0 Å². The van der Waals surface area contributed by atoms with Crippen LogP contribution in [0.25, 0.3) is 0 Å². The summed E-state index contributed by atoms with van der Waals surface area (Å²) in [5.74, 6) is -2.76. The summed E-state index contributed by atoms with van der Waals surface area (Å²) < 4.78 is 57.2. The SMILES string of the molecule is CNC(=O)OCCC(C(C)(C)C)S(=O)(=O)C1CCC(F)(F)CC1. The number of carbonyl (C=O) groups excluding carboxylic acids is 1. The Labute approximate surface area is 137 Å². The molecule has 0 saturated heterocycles. The van der Waals surface area contributed by atoms with Gasteiger partial charge in [-0.1, -0.05) is 20.8 Å². The molecule has 0 aromatic heterocycles. The van der Waals surface area contributed by atoms with E-state index >= 15 is 0 Å². The zero-order valence-electron chi connectivity index (χ0n) is 14.2. The molecule has 1 N–H and O–H groups in total. The lowest BCUT2D eigenvalue weighted by atomic mass is 9.90. The fourth-order valence-corrected chi connectivity index (χ4v) is 5.76. The first-order valence-electron chi connectivity index (χ1n) is 7.85. The normalized spacial score (nSPS) is 20.8. The lowest BCUT2D eigenvalue weighted by molar-refractivity contribution is -0.0329. The third-order valence-electron chi connectivity index (χ3n) is 4.31. The van der Waals surface area contributed by atoms with Crippen molar-refractivity contribution in [3.8, 4) is 0 Å². The van der Waals surface area contributed by atoms with E-state index in [-0.39, 0.29) is 38.7 Å². The molecular formula is C15H27F2NO4S. The van der Waals surface area contributed by atoms with Crippen LogP contribution in [0.4, 0.5) is 13.6 Å². The van der Waals surface area contributed by atoms with Gasteiger partial charge in [-0.15, -0.1) is 0 Å². The highest BCUT2D eigenvalue weighted by molar-refractivity contribution is 7.92. The van der Waals surface area contributed by atoms with Gasteiger partial charge in [0.2, 0.25) is 5.92 Å². The van der Waals surface area contributed by atoms with Crippen molar-refractivity contribution in [1.82, 2.24) is 5.32 Å². The van der Waals surface area contributed by atoms with Crippen molar-refractivity contribution in [3.63, 3.8) is 0 Å². The molecule has 8 heteroatoms. The maximum atomic E-state index is 13.3. The molecule has 0 aromatic rings. The van der Waals surface area contributed by atoms with Gasteiger partial charge in [-0.25, -0.2) is 22.0 Å². The van der Waals surface area contributed by atoms with E-state index in [1.807, 2.05) is 0 Å². The van der Waals surface area contributed by atoms with Crippen LogP contribution in [0.5, 0.6) is 0 Å². The minimum atomic E-state index is -3.58. The number of nitrogens with one attached hydrogen (secondary N) is 1. The highest BCUT2D eigenvalue weighted by Crippen LogP contribution is 2.40. The number of hydrogen-bond acceptors (Lipinski definition) is 4. The topological polar surface area (TPSA) is 72.5 Å². The number of alkyl carbamates (subject to hydrolysis) is 1. The van der Waals surface area contributed by atoms with E-state index in [0.29, 0.717) is 0 Å². The second-order valence-corrected chi connectivity index (χ2v) is 9.59. The first-order chi connectivity index (χ1) is 10.4. The Morgan fingerprint density at radius 3 is 2.26 bits per heavy atom. The Morgan fingerprint density at radius 1 is 1.30 bits per heavy atom. The van der Waals surface area contributed by atoms with Crippen LogP contribution in [0.15, 0.2) is 0 Å². The summed E-state index contributed by atoms with van der Waals surface area (Å²) in [6.07, 6.45) is -1.26. The van der Waals surface area contributed by atoms with Crippen molar-refractivity contribution in [2.45, 2.75) is 69.3 Å². The van der Waals surface area contributed by atoms with Gasteiger partial charge in [0, 0.05) is 19.9 Å². The number of carbonyl (C=O) groups is 1. The molecule has 1 aliphatic rings. The van der Waals surface area contributed by atoms with Crippen LogP contribution in [-0.4, -0.2) is 44.6 Å². The molecule has 0 bridgehead atoms. The summed E-state index contributed by atoms with van der Waals surface area (Å²) in [5.41, 5.74) is -0.565. The second-order valence-electron chi connectivity index (χ2n) is 7.17. The van der Waals surface area contributed by atoms with Crippen LogP contribution in [0.2, 0.25) is 0 Å². The molecule has 1 unspecified atom stereocenters. The third-order valence-corrected chi connectivity index (χ3v) is 7.45. The van der Waals surface area contributed by atoms with Gasteiger partial charge < -0.3 is 10.1 Å². The predicted molar refractivity (Wildman–Crippen MR) is 84.4 cm³/mol. The second kappa shape index (κ2) is 7.32. The Hall–Kier alpha value is -0.920. The lowest BCUT2D eigenvalue weighted by Crippen LogP contribution is -2.44. The maximum Gasteiger partial charge on any atom is 0.406 e. The zero-order chi connectivity index (χ0) is 17.9. The maximum absolute atomic E-state index is 13.3. The number of halogens is 2. The molecule has 0 heterocycles. The van der Waals surface area contributed by atoms with Crippen molar-refractivity contribution in [2.75, 3.05) is 13.7 Å². The fourth-order valence-electron chi connectivity index (χ4n) is 3.00. The molecule has 1 saturated carbocycles. The average Bonchev–Trinajstić information content (AvgIpc) is 2.41. The van der Waals surface area contributed by atoms with Crippen LogP contribution in [-0.2, 0) is 14.6 Å². The third kappa shape index (κ3) is 5.58. The standard InChI is InChI=1S/C15H27F2NO4S/c1-14(2,3)12(7-10-22-13(19)18-4)23(20,21)11-5-8-15(16,17)9-6-11/h11-12H,5-10H2,1-4H3,(H,18,19). The van der Waals surface area contributed by atoms with E-state index in [9.17, 15) is 22.0 Å². The summed E-state index contributed by atoms with van der Waals surface area (Å²) in [7, 11) is -2.16. The number of ether oxygens (including phenoxy) is 1. The summed E-state index contributed by atoms with van der Waals surface area (Å²) in [4.78, 5) is 11.1. The Balaban J connectivity index is 2.82. The predicted octanol–water partition coefficient (Wildman–Crippen LogP) is 3.14. The molecule has 1 rings (SSSR count). The number of sulfone groups is 1. The molecule has 0 aliphatic heterocycles. The Morgan fingerprint density at radius 2 is 1.83 bits per heavy atom. The van der Waals surface area contributed by atoms with Crippen LogP contribution in [0.1, 0.15) is 52.9 Å². The van der Waals surface area contributed by atoms with Gasteiger partial charge in [-0.3, -0.25) is 0 Å². The van der Waals surface area contributed by atoms with Crippen LogP contribution < -0.4 is 5.32 Å². The number of alkyl halides is 2. The number of amides is 1. The fraction of sp³-hybridized carbons (Fsp3) is 0.933. The van der Waals surface area contributed by atoms with Crippen LogP contribution >= 0.6 is 0 Å². The van der Waals surface area contributed by atoms with Crippen molar-refractivity contribution < 1.29 is 26.7 Å². The van der Waals surface area contributed by atoms with E-state index in [1.165, 1.54) is 7.05 Å². The largest absolute Gasteiger partial charge is 0.450 e. The molecule has 5 nitrogen and oxygen atoms in total. The minimum Gasteiger partial charge on any atom is -0.450 e. The Kier molecular flexibility index (Phi) is 6.40. The van der Waals surface area contributed by atoms with Gasteiger partial charge >= 0.3 is 6.09 Å². The van der Waals surface area contributed by atoms with Gasteiger partial charge in [0.1, 0.15) is 0 Å². The highest BCUT2D eigenvalue weighted by atomic mass is 32.2. The summed E-state index contributed by atoms with van der Waals surface area (Å²) >= 11 is 0. The first kappa shape index (κ1) is 20.1. The van der Waals surface area contributed by atoms with Gasteiger partial charge in [-0.2, -0.15) is 0 Å². The van der Waals surface area contributed by atoms with Gasteiger partial charge in [0.25, 0.3) is 0 Å². The molecule has 1 amide bonds. The Bertz CT molecular complexity index is 504. The lowest BCUT2D eigenvalue weighted by Gasteiger charge is -2.36. The van der Waals surface area contributed by atoms with E-state index in [1.54, 1.807) is 20.8 Å². The molecule has 1 atom stereocenters. The monoisotopic (exact) mass is 355 g/mol. The summed E-state index contributed by atoms with van der Waals surface area (Å²) in [6.45, 7) is 5.37. The van der Waals surface area contributed by atoms with E-state index < -0.39 is 37.8 Å². The van der Waals surface area contributed by atoms with Crippen molar-refractivity contribution in [2.24, 2.45) is 5.41 Å². The van der Waals surface area contributed by atoms with E-state index in [2.05, 4.69) is 5.32 Å². The van der Waals surface area contributed by atoms with E-state index in [0.717, 1.165) is 0 Å². The number of hydrogen-bond donors (Lipinski definition) is 1. The molecule has 23 heavy (non-hydrogen) atoms. The van der Waals surface area contributed by atoms with Gasteiger partial charge in [0.05, 0.1) is 17.1 Å². The molecule has 1 aliphatic carbocycles. The van der Waals surface area contributed by atoms with Crippen molar-refractivity contribution in [3.05, 3.63) is 0 Å². The summed E-state index contributed by atoms with van der Waals surface area (Å²) in [5, 5.41) is 0.811. The van der Waals surface area contributed by atoms with Crippen molar-refractivity contribution in [1.29, 1.82) is 0 Å². The quantitative estimate of drug-likeness (QED) is 0.822. The zero-order valence-corrected chi connectivity index (χ0v) is 15.0. The van der Waals surface area contributed by atoms with Gasteiger partial charge in [0.15, 0.2) is 9.84 Å². The average molecular weight is 355 g/mol.